The van der Waals surface area contributed by atoms with Crippen molar-refractivity contribution in [2.45, 2.75) is 32.7 Å². The van der Waals surface area contributed by atoms with Crippen LogP contribution in [-0.2, 0) is 9.53 Å². The summed E-state index contributed by atoms with van der Waals surface area (Å²) in [7, 11) is 0. The first-order valence-electron chi connectivity index (χ1n) is 5.64. The van der Waals surface area contributed by atoms with E-state index in [0.717, 1.165) is 24.7 Å². The van der Waals surface area contributed by atoms with Gasteiger partial charge in [0.1, 0.15) is 0 Å². The lowest BCUT2D eigenvalue weighted by molar-refractivity contribution is -0.142. The van der Waals surface area contributed by atoms with Gasteiger partial charge in [0.05, 0.1) is 19.3 Å². The summed E-state index contributed by atoms with van der Waals surface area (Å²) >= 11 is 3.43. The monoisotopic (exact) mass is 277 g/mol. The number of carbonyl (C=O) groups excluding carboxylic acids is 1. The van der Waals surface area contributed by atoms with Crippen molar-refractivity contribution in [2.24, 2.45) is 5.92 Å². The Bertz CT molecular complexity index is 211. The van der Waals surface area contributed by atoms with Gasteiger partial charge in [-0.1, -0.05) is 36.2 Å². The summed E-state index contributed by atoms with van der Waals surface area (Å²) in [6.45, 7) is 6.21. The molecule has 1 heterocycles. The van der Waals surface area contributed by atoms with Crippen LogP contribution >= 0.6 is 15.9 Å². The number of amides is 1. The molecule has 88 valence electrons. The summed E-state index contributed by atoms with van der Waals surface area (Å²) in [5, 5.41) is 0.803. The third kappa shape index (κ3) is 3.45. The molecule has 15 heavy (non-hydrogen) atoms. The molecule has 2 unspecified atom stereocenters. The first-order valence-corrected chi connectivity index (χ1v) is 6.77. The van der Waals surface area contributed by atoms with Gasteiger partial charge in [-0.25, -0.2) is 0 Å². The standard InChI is InChI=1S/C11H20BrNO2/c1-3-4-9(2)11(14)13-5-6-15-8-10(13)7-12/h9-10H,3-8H2,1-2H3. The van der Waals surface area contributed by atoms with Crippen molar-refractivity contribution >= 4 is 21.8 Å². The highest BCUT2D eigenvalue weighted by atomic mass is 79.9. The van der Waals surface area contributed by atoms with Crippen LogP contribution in [0.15, 0.2) is 0 Å². The lowest BCUT2D eigenvalue weighted by Crippen LogP contribution is -2.51. The fourth-order valence-corrected chi connectivity index (χ4v) is 2.45. The molecule has 0 aromatic heterocycles. The lowest BCUT2D eigenvalue weighted by atomic mass is 10.0. The van der Waals surface area contributed by atoms with Gasteiger partial charge in [0.15, 0.2) is 0 Å². The third-order valence-corrected chi connectivity index (χ3v) is 3.58. The van der Waals surface area contributed by atoms with Crippen LogP contribution in [-0.4, -0.2) is 41.9 Å². The number of rotatable bonds is 4. The Kier molecular flexibility index (Phi) is 5.61. The average molecular weight is 278 g/mol. The number of ether oxygens (including phenoxy) is 1. The van der Waals surface area contributed by atoms with Crippen molar-refractivity contribution < 1.29 is 9.53 Å². The SMILES string of the molecule is CCCC(C)C(=O)N1CCOCC1CBr. The summed E-state index contributed by atoms with van der Waals surface area (Å²) in [5.41, 5.74) is 0. The Morgan fingerprint density at radius 2 is 2.40 bits per heavy atom. The van der Waals surface area contributed by atoms with E-state index in [1.54, 1.807) is 0 Å². The molecule has 0 saturated carbocycles. The van der Waals surface area contributed by atoms with Crippen LogP contribution in [0.25, 0.3) is 0 Å². The van der Waals surface area contributed by atoms with E-state index in [1.807, 2.05) is 11.8 Å². The quantitative estimate of drug-likeness (QED) is 0.737. The van der Waals surface area contributed by atoms with Crippen molar-refractivity contribution in [3.05, 3.63) is 0 Å². The first-order chi connectivity index (χ1) is 7.20. The Balaban J connectivity index is 2.55. The van der Waals surface area contributed by atoms with Gasteiger partial charge in [-0.2, -0.15) is 0 Å². The second-order valence-electron chi connectivity index (χ2n) is 4.10. The molecule has 0 aromatic carbocycles. The molecule has 0 N–H and O–H groups in total. The van der Waals surface area contributed by atoms with E-state index in [1.165, 1.54) is 0 Å². The van der Waals surface area contributed by atoms with E-state index < -0.39 is 0 Å². The summed E-state index contributed by atoms with van der Waals surface area (Å²) in [5.74, 6) is 0.430. The maximum absolute atomic E-state index is 12.1. The molecule has 1 aliphatic heterocycles. The number of carbonyl (C=O) groups is 1. The van der Waals surface area contributed by atoms with Crippen molar-refractivity contribution in [1.29, 1.82) is 0 Å². The molecular formula is C11H20BrNO2. The Hall–Kier alpha value is -0.0900. The Morgan fingerprint density at radius 1 is 1.67 bits per heavy atom. The molecule has 0 aromatic rings. The minimum atomic E-state index is 0.148. The maximum atomic E-state index is 12.1. The molecule has 3 nitrogen and oxygen atoms in total. The first kappa shape index (κ1) is 13.0. The van der Waals surface area contributed by atoms with Crippen LogP contribution in [0.5, 0.6) is 0 Å². The average Bonchev–Trinajstić information content (AvgIpc) is 2.28. The molecule has 4 heteroatoms. The molecule has 0 bridgehead atoms. The van der Waals surface area contributed by atoms with Crippen LogP contribution in [0, 0.1) is 5.92 Å². The van der Waals surface area contributed by atoms with Crippen LogP contribution in [0.4, 0.5) is 0 Å². The van der Waals surface area contributed by atoms with Gasteiger partial charge in [0, 0.05) is 17.8 Å². The molecule has 1 aliphatic rings. The van der Waals surface area contributed by atoms with Crippen molar-refractivity contribution in [1.82, 2.24) is 4.90 Å². The van der Waals surface area contributed by atoms with E-state index in [-0.39, 0.29) is 17.9 Å². The molecule has 1 fully saturated rings. The zero-order valence-corrected chi connectivity index (χ0v) is 11.1. The van der Waals surface area contributed by atoms with E-state index >= 15 is 0 Å². The normalized spacial score (nSPS) is 23.9. The topological polar surface area (TPSA) is 29.5 Å². The van der Waals surface area contributed by atoms with E-state index in [0.29, 0.717) is 13.2 Å². The molecule has 0 spiro atoms. The highest BCUT2D eigenvalue weighted by molar-refractivity contribution is 9.09. The number of alkyl halides is 1. The number of nitrogens with zero attached hydrogens (tertiary/aromatic N) is 1. The zero-order valence-electron chi connectivity index (χ0n) is 9.54. The van der Waals surface area contributed by atoms with Gasteiger partial charge in [-0.3, -0.25) is 4.79 Å². The van der Waals surface area contributed by atoms with E-state index in [2.05, 4.69) is 22.9 Å². The van der Waals surface area contributed by atoms with Gasteiger partial charge in [0.2, 0.25) is 5.91 Å². The number of morpholine rings is 1. The fraction of sp³-hybridized carbons (Fsp3) is 0.909. The molecule has 0 radical (unpaired) electrons. The smallest absolute Gasteiger partial charge is 0.225 e. The maximum Gasteiger partial charge on any atom is 0.225 e. The summed E-state index contributed by atoms with van der Waals surface area (Å²) < 4.78 is 5.37. The fourth-order valence-electron chi connectivity index (χ4n) is 1.91. The van der Waals surface area contributed by atoms with Crippen molar-refractivity contribution in [2.75, 3.05) is 25.1 Å². The molecule has 0 aliphatic carbocycles. The van der Waals surface area contributed by atoms with Crippen molar-refractivity contribution in [3.8, 4) is 0 Å². The van der Waals surface area contributed by atoms with Gasteiger partial charge >= 0.3 is 0 Å². The number of hydrogen-bond acceptors (Lipinski definition) is 2. The summed E-state index contributed by atoms with van der Waals surface area (Å²) in [6, 6.07) is 0.213. The predicted octanol–water partition coefficient (Wildman–Crippen LogP) is 2.04. The molecule has 1 amide bonds. The third-order valence-electron chi connectivity index (χ3n) is 2.83. The predicted molar refractivity (Wildman–Crippen MR) is 64.2 cm³/mol. The van der Waals surface area contributed by atoms with Crippen LogP contribution < -0.4 is 0 Å². The second-order valence-corrected chi connectivity index (χ2v) is 4.75. The van der Waals surface area contributed by atoms with Gasteiger partial charge < -0.3 is 9.64 Å². The van der Waals surface area contributed by atoms with Crippen LogP contribution in [0.3, 0.4) is 0 Å². The largest absolute Gasteiger partial charge is 0.377 e. The van der Waals surface area contributed by atoms with Crippen LogP contribution in [0.1, 0.15) is 26.7 Å². The molecule has 2 atom stereocenters. The second kappa shape index (κ2) is 6.48. The van der Waals surface area contributed by atoms with Gasteiger partial charge in [0.25, 0.3) is 0 Å². The lowest BCUT2D eigenvalue weighted by Gasteiger charge is -2.36. The summed E-state index contributed by atoms with van der Waals surface area (Å²) in [6.07, 6.45) is 2.04. The van der Waals surface area contributed by atoms with Crippen LogP contribution in [0.2, 0.25) is 0 Å². The Morgan fingerprint density at radius 3 is 3.00 bits per heavy atom. The van der Waals surface area contributed by atoms with Gasteiger partial charge in [-0.15, -0.1) is 0 Å². The number of halogens is 1. The highest BCUT2D eigenvalue weighted by Gasteiger charge is 2.28. The minimum absolute atomic E-state index is 0.148. The molecular weight excluding hydrogens is 258 g/mol. The minimum Gasteiger partial charge on any atom is -0.377 e. The van der Waals surface area contributed by atoms with E-state index in [4.69, 9.17) is 4.74 Å². The Labute approximate surface area is 100 Å². The number of hydrogen-bond donors (Lipinski definition) is 0. The molecule has 1 saturated heterocycles. The molecule has 1 rings (SSSR count). The highest BCUT2D eigenvalue weighted by Crippen LogP contribution is 2.16. The zero-order chi connectivity index (χ0) is 11.3. The summed E-state index contributed by atoms with van der Waals surface area (Å²) in [4.78, 5) is 14.1. The van der Waals surface area contributed by atoms with Gasteiger partial charge in [-0.05, 0) is 6.42 Å². The van der Waals surface area contributed by atoms with E-state index in [9.17, 15) is 4.79 Å². The van der Waals surface area contributed by atoms with Crippen molar-refractivity contribution in [3.63, 3.8) is 0 Å².